The summed E-state index contributed by atoms with van der Waals surface area (Å²) in [5.74, 6) is -0.260. The molecule has 5 nitrogen and oxygen atoms in total. The Balaban J connectivity index is 0.00000121. The zero-order chi connectivity index (χ0) is 8.43. The van der Waals surface area contributed by atoms with E-state index in [0.717, 1.165) is 3.07 Å². The summed E-state index contributed by atoms with van der Waals surface area (Å²) < 4.78 is 0.953. The first kappa shape index (κ1) is 11.3. The van der Waals surface area contributed by atoms with Gasteiger partial charge in [0.15, 0.2) is 0 Å². The van der Waals surface area contributed by atoms with E-state index < -0.39 is 4.92 Å². The van der Waals surface area contributed by atoms with Crippen molar-refractivity contribution < 1.29 is 41.6 Å². The molecule has 0 bridgehead atoms. The normalized spacial score (nSPS) is 8.83. The van der Waals surface area contributed by atoms with Crippen LogP contribution < -0.4 is 3.07 Å². The fourth-order valence-electron chi connectivity index (χ4n) is 0.715. The van der Waals surface area contributed by atoms with Gasteiger partial charge in [-0.05, 0) is 0 Å². The summed E-state index contributed by atoms with van der Waals surface area (Å²) in [6, 6.07) is 4.48. The number of phenolic OH excluding ortho intramolecular Hbond substituents is 1. The quantitative estimate of drug-likeness (QED) is 0.445. The molecule has 0 spiro atoms. The van der Waals surface area contributed by atoms with E-state index in [2.05, 4.69) is 0 Å². The molecule has 12 heavy (non-hydrogen) atoms. The van der Waals surface area contributed by atoms with Gasteiger partial charge in [0.2, 0.25) is 0 Å². The summed E-state index contributed by atoms with van der Waals surface area (Å²) in [6.45, 7) is 0. The zero-order valence-electron chi connectivity index (χ0n) is 6.10. The molecule has 0 aliphatic heterocycles. The summed E-state index contributed by atoms with van der Waals surface area (Å²) in [5.41, 5.74) is -0.197. The van der Waals surface area contributed by atoms with Gasteiger partial charge in [-0.25, -0.2) is 0 Å². The van der Waals surface area contributed by atoms with E-state index in [0.29, 0.717) is 26.1 Å². The van der Waals surface area contributed by atoms with Gasteiger partial charge < -0.3 is 5.48 Å². The number of nitro benzene ring substituents is 1. The van der Waals surface area contributed by atoms with Crippen LogP contribution in [0.25, 0.3) is 0 Å². The molecule has 0 saturated carbocycles. The van der Waals surface area contributed by atoms with Crippen LogP contribution in [-0.4, -0.2) is 15.5 Å². The van der Waals surface area contributed by atoms with Crippen LogP contribution in [0.15, 0.2) is 18.2 Å². The molecule has 0 unspecified atom stereocenters. The van der Waals surface area contributed by atoms with Crippen molar-refractivity contribution >= 4 is 8.76 Å². The van der Waals surface area contributed by atoms with Gasteiger partial charge in [-0.15, -0.1) is 0 Å². The molecular weight excluding hydrogens is 351 g/mol. The first-order chi connectivity index (χ1) is 5.11. The Bertz CT molecular complexity index is 302. The molecule has 6 heteroatoms. The maximum Gasteiger partial charge on any atom is -0.870 e. The summed E-state index contributed by atoms with van der Waals surface area (Å²) in [5, 5.41) is 19.2. The van der Waals surface area contributed by atoms with Crippen molar-refractivity contribution in [3.8, 4) is 5.75 Å². The van der Waals surface area contributed by atoms with Gasteiger partial charge in [-0.2, -0.15) is 0 Å². The third-order valence-electron chi connectivity index (χ3n) is 1.24. The number of nitrogens with zero attached hydrogens (tertiary/aromatic N) is 1. The standard InChI is InChI=1S/C6H4NO3.Hg.H2O/c8-6-4-2-1-3-5(6)7(9)10;;/h2-4,8H;;1H2/q;+1;/p-1. The molecule has 0 heterocycles. The van der Waals surface area contributed by atoms with Crippen molar-refractivity contribution in [2.45, 2.75) is 0 Å². The van der Waals surface area contributed by atoms with E-state index >= 15 is 0 Å². The molecule has 0 fully saturated rings. The van der Waals surface area contributed by atoms with Gasteiger partial charge in [0.1, 0.15) is 0 Å². The monoisotopic (exact) mass is 357 g/mol. The molecule has 0 saturated heterocycles. The average Bonchev–Trinajstić information content (AvgIpc) is 1.94. The number of phenols is 1. The topological polar surface area (TPSA) is 93.4 Å². The van der Waals surface area contributed by atoms with Crippen molar-refractivity contribution in [1.82, 2.24) is 0 Å². The Hall–Kier alpha value is -0.685. The molecule has 0 aliphatic rings. The van der Waals surface area contributed by atoms with Gasteiger partial charge >= 0.3 is 79.0 Å². The molecule has 1 aromatic rings. The average molecular weight is 356 g/mol. The predicted molar refractivity (Wildman–Crippen MR) is 36.3 cm³/mol. The molecule has 0 aliphatic carbocycles. The maximum atomic E-state index is 10.2. The molecule has 60 valence electrons. The minimum Gasteiger partial charge on any atom is -0.870 e. The Morgan fingerprint density at radius 2 is 2.08 bits per heavy atom. The maximum absolute atomic E-state index is 10.2. The van der Waals surface area contributed by atoms with Crippen molar-refractivity contribution in [2.75, 3.05) is 0 Å². The van der Waals surface area contributed by atoms with Crippen LogP contribution in [0.1, 0.15) is 0 Å². The Kier molecular flexibility index (Phi) is 4.12. The second kappa shape index (κ2) is 4.37. The first-order valence-corrected chi connectivity index (χ1v) is 5.65. The van der Waals surface area contributed by atoms with E-state index in [4.69, 9.17) is 5.11 Å². The van der Waals surface area contributed by atoms with E-state index in [-0.39, 0.29) is 16.9 Å². The van der Waals surface area contributed by atoms with E-state index in [1.54, 1.807) is 6.07 Å². The van der Waals surface area contributed by atoms with Crippen LogP contribution in [0, 0.1) is 10.1 Å². The minimum absolute atomic E-state index is 0. The molecule has 2 N–H and O–H groups in total. The summed E-state index contributed by atoms with van der Waals surface area (Å²) in [7, 11) is 0. The molecule has 1 aromatic carbocycles. The molecule has 0 atom stereocenters. The molecule has 1 rings (SSSR count). The van der Waals surface area contributed by atoms with Crippen molar-refractivity contribution in [3.05, 3.63) is 28.3 Å². The van der Waals surface area contributed by atoms with Crippen molar-refractivity contribution in [3.63, 3.8) is 0 Å². The third kappa shape index (κ3) is 2.42. The predicted octanol–water partition coefficient (Wildman–Crippen LogP) is 0.296. The van der Waals surface area contributed by atoms with Crippen LogP contribution in [0.4, 0.5) is 5.69 Å². The van der Waals surface area contributed by atoms with Gasteiger partial charge in [-0.1, -0.05) is 0 Å². The van der Waals surface area contributed by atoms with Crippen LogP contribution >= 0.6 is 0 Å². The fraction of sp³-hybridized carbons (Fsp3) is 0. The van der Waals surface area contributed by atoms with Crippen LogP contribution in [0.5, 0.6) is 5.75 Å². The van der Waals surface area contributed by atoms with Gasteiger partial charge in [0, 0.05) is 0 Å². The summed E-state index contributed by atoms with van der Waals surface area (Å²) in [6.07, 6.45) is 0. The molecule has 0 amide bonds. The molecule has 0 radical (unpaired) electrons. The molecular formula is C6H5HgNO4. The Morgan fingerprint density at radius 1 is 1.50 bits per heavy atom. The fourth-order valence-corrected chi connectivity index (χ4v) is 1.93. The SMILES string of the molecule is O=[N+]([O-])c1c[c]([Hg+])ccc1O.[OH-]. The Labute approximate surface area is 84.4 Å². The number of benzene rings is 1. The van der Waals surface area contributed by atoms with E-state index in [1.165, 1.54) is 12.1 Å². The smallest absolute Gasteiger partial charge is 0.870 e. The van der Waals surface area contributed by atoms with E-state index in [9.17, 15) is 10.1 Å². The number of rotatable bonds is 1. The number of hydrogen-bond donors (Lipinski definition) is 1. The molecule has 0 aromatic heterocycles. The van der Waals surface area contributed by atoms with Crippen LogP contribution in [0.2, 0.25) is 0 Å². The zero-order valence-corrected chi connectivity index (χ0v) is 11.6. The Morgan fingerprint density at radius 3 is 2.50 bits per heavy atom. The number of nitro groups is 1. The summed E-state index contributed by atoms with van der Waals surface area (Å²) >= 11 is 0.359. The summed E-state index contributed by atoms with van der Waals surface area (Å²) in [4.78, 5) is 9.66. The number of hydrogen-bond acceptors (Lipinski definition) is 4. The van der Waals surface area contributed by atoms with Crippen LogP contribution in [0.3, 0.4) is 0 Å². The number of aromatic hydroxyl groups is 1. The van der Waals surface area contributed by atoms with Crippen molar-refractivity contribution in [2.24, 2.45) is 0 Å². The first-order valence-electron chi connectivity index (χ1n) is 2.90. The van der Waals surface area contributed by atoms with Gasteiger partial charge in [-0.3, -0.25) is 0 Å². The largest absolute Gasteiger partial charge is 0.870 e. The second-order valence-corrected chi connectivity index (χ2v) is 5.25. The third-order valence-corrected chi connectivity index (χ3v) is 2.95. The van der Waals surface area contributed by atoms with Gasteiger partial charge in [0.25, 0.3) is 0 Å². The van der Waals surface area contributed by atoms with Crippen molar-refractivity contribution in [1.29, 1.82) is 0 Å². The van der Waals surface area contributed by atoms with Gasteiger partial charge in [0.05, 0.1) is 0 Å². The minimum atomic E-state index is -0.578. The second-order valence-electron chi connectivity index (χ2n) is 2.08. The van der Waals surface area contributed by atoms with E-state index in [1.807, 2.05) is 0 Å². The van der Waals surface area contributed by atoms with Crippen LogP contribution in [-0.2, 0) is 26.1 Å².